The van der Waals surface area contributed by atoms with E-state index in [-0.39, 0.29) is 24.1 Å². The number of nitrogens with one attached hydrogen (secondary N) is 1. The lowest BCUT2D eigenvalue weighted by Crippen LogP contribution is -2.52. The summed E-state index contributed by atoms with van der Waals surface area (Å²) in [6.07, 6.45) is 0.666. The molecule has 0 saturated carbocycles. The molecule has 0 aromatic heterocycles. The quantitative estimate of drug-likeness (QED) is 0.767. The van der Waals surface area contributed by atoms with Crippen LogP contribution >= 0.6 is 0 Å². The van der Waals surface area contributed by atoms with Gasteiger partial charge in [0.1, 0.15) is 6.04 Å². The smallest absolute Gasteiger partial charge is 0.255 e. The Kier molecular flexibility index (Phi) is 5.19. The highest BCUT2D eigenvalue weighted by atomic mass is 16.2. The van der Waals surface area contributed by atoms with Crippen molar-refractivity contribution in [3.8, 4) is 0 Å². The predicted octanol–water partition coefficient (Wildman–Crippen LogP) is 1.77. The van der Waals surface area contributed by atoms with E-state index < -0.39 is 6.04 Å². The van der Waals surface area contributed by atoms with Gasteiger partial charge in [-0.25, -0.2) is 0 Å². The molecule has 3 aliphatic rings. The number of hydrogen-bond acceptors (Lipinski definition) is 5. The lowest BCUT2D eigenvalue weighted by Gasteiger charge is -2.36. The number of hydrogen-bond donors (Lipinski definition) is 1. The Labute approximate surface area is 181 Å². The molecule has 7 nitrogen and oxygen atoms in total. The number of piperidine rings is 1. The van der Waals surface area contributed by atoms with Crippen molar-refractivity contribution in [1.29, 1.82) is 0 Å². The summed E-state index contributed by atoms with van der Waals surface area (Å²) in [4.78, 5) is 42.9. The minimum Gasteiger partial charge on any atom is -0.369 e. The molecule has 7 heteroatoms. The van der Waals surface area contributed by atoms with Crippen LogP contribution in [0.25, 0.3) is 0 Å². The zero-order valence-corrected chi connectivity index (χ0v) is 17.4. The summed E-state index contributed by atoms with van der Waals surface area (Å²) >= 11 is 0. The monoisotopic (exact) mass is 418 g/mol. The van der Waals surface area contributed by atoms with Crippen LogP contribution in [0.15, 0.2) is 48.5 Å². The van der Waals surface area contributed by atoms with Crippen LogP contribution in [0.4, 0.5) is 5.69 Å². The molecule has 0 bridgehead atoms. The van der Waals surface area contributed by atoms with Crippen LogP contribution < -0.4 is 10.2 Å². The Bertz CT molecular complexity index is 1010. The normalized spacial score (nSPS) is 21.9. The van der Waals surface area contributed by atoms with E-state index in [1.54, 1.807) is 4.90 Å². The van der Waals surface area contributed by atoms with Crippen LogP contribution in [0.1, 0.15) is 34.3 Å². The molecule has 2 aromatic carbocycles. The van der Waals surface area contributed by atoms with Crippen LogP contribution in [0, 0.1) is 0 Å². The highest BCUT2D eigenvalue weighted by Crippen LogP contribution is 2.28. The van der Waals surface area contributed by atoms with E-state index in [1.165, 1.54) is 11.3 Å². The minimum absolute atomic E-state index is 0.118. The molecule has 2 fully saturated rings. The first-order chi connectivity index (χ1) is 15.1. The van der Waals surface area contributed by atoms with Gasteiger partial charge in [-0.3, -0.25) is 24.6 Å². The number of imide groups is 1. The highest BCUT2D eigenvalue weighted by Gasteiger charge is 2.39. The van der Waals surface area contributed by atoms with Crippen LogP contribution in [-0.4, -0.2) is 59.7 Å². The van der Waals surface area contributed by atoms with Gasteiger partial charge in [0.15, 0.2) is 0 Å². The van der Waals surface area contributed by atoms with Gasteiger partial charge in [0.05, 0.1) is 0 Å². The molecule has 160 valence electrons. The SMILES string of the molecule is O=C1CCC(N2Cc3cc(CN4CCN(c5ccccc5)CC4)ccc3C2=O)C(=O)N1. The van der Waals surface area contributed by atoms with E-state index in [9.17, 15) is 14.4 Å². The average molecular weight is 418 g/mol. The second-order valence-electron chi connectivity index (χ2n) is 8.49. The first kappa shape index (κ1) is 19.8. The van der Waals surface area contributed by atoms with Gasteiger partial charge in [0, 0.05) is 56.9 Å². The fraction of sp³-hybridized carbons (Fsp3) is 0.375. The molecule has 2 saturated heterocycles. The number of piperazine rings is 1. The maximum absolute atomic E-state index is 12.8. The number of benzene rings is 2. The van der Waals surface area contributed by atoms with Gasteiger partial charge in [0.25, 0.3) is 5.91 Å². The summed E-state index contributed by atoms with van der Waals surface area (Å²) in [5.74, 6) is -0.749. The Morgan fingerprint density at radius 3 is 2.45 bits per heavy atom. The molecule has 3 aliphatic heterocycles. The van der Waals surface area contributed by atoms with Crippen molar-refractivity contribution >= 4 is 23.4 Å². The average Bonchev–Trinajstić information content (AvgIpc) is 3.10. The van der Waals surface area contributed by atoms with Gasteiger partial charge in [0.2, 0.25) is 11.8 Å². The van der Waals surface area contributed by atoms with Gasteiger partial charge in [-0.1, -0.05) is 30.3 Å². The third kappa shape index (κ3) is 3.93. The maximum atomic E-state index is 12.8. The van der Waals surface area contributed by atoms with Crippen LogP contribution in [0.5, 0.6) is 0 Å². The summed E-state index contributed by atoms with van der Waals surface area (Å²) in [6, 6.07) is 15.9. The molecule has 0 spiro atoms. The molecule has 0 radical (unpaired) electrons. The number of amides is 3. The summed E-state index contributed by atoms with van der Waals surface area (Å²) in [6.45, 7) is 5.26. The Morgan fingerprint density at radius 1 is 0.935 bits per heavy atom. The second kappa shape index (κ2) is 8.15. The molecular formula is C24H26N4O3. The van der Waals surface area contributed by atoms with Crippen molar-refractivity contribution in [2.24, 2.45) is 0 Å². The van der Waals surface area contributed by atoms with Gasteiger partial charge >= 0.3 is 0 Å². The molecule has 3 heterocycles. The number of nitrogens with zero attached hydrogens (tertiary/aromatic N) is 3. The number of anilines is 1. The molecular weight excluding hydrogens is 392 g/mol. The molecule has 1 atom stereocenters. The van der Waals surface area contributed by atoms with E-state index in [2.05, 4.69) is 45.4 Å². The predicted molar refractivity (Wildman–Crippen MR) is 116 cm³/mol. The Balaban J connectivity index is 1.22. The first-order valence-corrected chi connectivity index (χ1v) is 10.9. The molecule has 5 rings (SSSR count). The maximum Gasteiger partial charge on any atom is 0.255 e. The largest absolute Gasteiger partial charge is 0.369 e. The van der Waals surface area contributed by atoms with Crippen molar-refractivity contribution in [3.05, 3.63) is 65.2 Å². The third-order valence-corrected chi connectivity index (χ3v) is 6.49. The van der Waals surface area contributed by atoms with E-state index in [0.717, 1.165) is 38.3 Å². The zero-order valence-electron chi connectivity index (χ0n) is 17.4. The Morgan fingerprint density at radius 2 is 1.71 bits per heavy atom. The van der Waals surface area contributed by atoms with Gasteiger partial charge in [-0.15, -0.1) is 0 Å². The molecule has 0 aliphatic carbocycles. The van der Waals surface area contributed by atoms with E-state index in [0.29, 0.717) is 18.5 Å². The Hall–Kier alpha value is -3.19. The van der Waals surface area contributed by atoms with Gasteiger partial charge in [-0.05, 0) is 35.7 Å². The number of para-hydroxylation sites is 1. The van der Waals surface area contributed by atoms with Crippen molar-refractivity contribution in [3.63, 3.8) is 0 Å². The zero-order chi connectivity index (χ0) is 21.4. The second-order valence-corrected chi connectivity index (χ2v) is 8.49. The molecule has 1 unspecified atom stereocenters. The lowest BCUT2D eigenvalue weighted by molar-refractivity contribution is -0.136. The molecule has 3 amide bonds. The van der Waals surface area contributed by atoms with Crippen LogP contribution in [-0.2, 0) is 22.7 Å². The van der Waals surface area contributed by atoms with Crippen molar-refractivity contribution in [1.82, 2.24) is 15.1 Å². The first-order valence-electron chi connectivity index (χ1n) is 10.9. The summed E-state index contributed by atoms with van der Waals surface area (Å²) < 4.78 is 0. The van der Waals surface area contributed by atoms with E-state index in [4.69, 9.17) is 0 Å². The van der Waals surface area contributed by atoms with Gasteiger partial charge in [-0.2, -0.15) is 0 Å². The van der Waals surface area contributed by atoms with Crippen molar-refractivity contribution < 1.29 is 14.4 Å². The summed E-state index contributed by atoms with van der Waals surface area (Å²) in [5, 5.41) is 2.35. The molecule has 31 heavy (non-hydrogen) atoms. The van der Waals surface area contributed by atoms with Crippen LogP contribution in [0.2, 0.25) is 0 Å². The van der Waals surface area contributed by atoms with E-state index in [1.807, 2.05) is 18.2 Å². The molecule has 2 aromatic rings. The lowest BCUT2D eigenvalue weighted by atomic mass is 10.0. The number of rotatable bonds is 4. The fourth-order valence-corrected chi connectivity index (χ4v) is 4.79. The van der Waals surface area contributed by atoms with Crippen molar-refractivity contribution in [2.75, 3.05) is 31.1 Å². The fourth-order valence-electron chi connectivity index (χ4n) is 4.79. The molecule has 1 N–H and O–H groups in total. The summed E-state index contributed by atoms with van der Waals surface area (Å²) in [7, 11) is 0. The number of carbonyl (C=O) groups excluding carboxylic acids is 3. The summed E-state index contributed by atoms with van der Waals surface area (Å²) in [5.41, 5.74) is 4.09. The van der Waals surface area contributed by atoms with Gasteiger partial charge < -0.3 is 9.80 Å². The minimum atomic E-state index is -0.563. The number of carbonyl (C=O) groups is 3. The number of fused-ring (bicyclic) bond motifs is 1. The topological polar surface area (TPSA) is 73.0 Å². The van der Waals surface area contributed by atoms with Crippen molar-refractivity contribution in [2.45, 2.75) is 32.0 Å². The van der Waals surface area contributed by atoms with Crippen LogP contribution in [0.3, 0.4) is 0 Å². The highest BCUT2D eigenvalue weighted by molar-refractivity contribution is 6.05. The standard InChI is InChI=1S/C24H26N4O3/c29-22-9-8-21(23(30)25-22)28-16-18-14-17(6-7-20(18)24(28)31)15-26-10-12-27(13-11-26)19-4-2-1-3-5-19/h1-7,14,21H,8-13,15-16H2,(H,25,29,30). The van der Waals surface area contributed by atoms with E-state index >= 15 is 0 Å². The third-order valence-electron chi connectivity index (χ3n) is 6.49.